The molecular formula is C12H16N4O4S. The number of hydrogen-bond acceptors (Lipinski definition) is 4. The lowest BCUT2D eigenvalue weighted by Crippen LogP contribution is -2.22. The molecule has 0 saturated carbocycles. The van der Waals surface area contributed by atoms with E-state index in [0.29, 0.717) is 6.54 Å². The summed E-state index contributed by atoms with van der Waals surface area (Å²) in [5, 5.41) is 13.0. The Balaban J connectivity index is 2.21. The van der Waals surface area contributed by atoms with E-state index < -0.39 is 16.0 Å². The molecule has 21 heavy (non-hydrogen) atoms. The van der Waals surface area contributed by atoms with E-state index >= 15 is 0 Å². The van der Waals surface area contributed by atoms with Crippen molar-refractivity contribution in [2.24, 2.45) is 7.05 Å². The van der Waals surface area contributed by atoms with Crippen LogP contribution >= 0.6 is 0 Å². The summed E-state index contributed by atoms with van der Waals surface area (Å²) in [7, 11) is -2.03. The van der Waals surface area contributed by atoms with Crippen LogP contribution in [0.1, 0.15) is 23.0 Å². The molecule has 0 fully saturated rings. The first-order valence-electron chi connectivity index (χ1n) is 6.24. The lowest BCUT2D eigenvalue weighted by Gasteiger charge is -2.03. The summed E-state index contributed by atoms with van der Waals surface area (Å²) in [6, 6.07) is 1.15. The molecule has 9 heteroatoms. The monoisotopic (exact) mass is 312 g/mol. The van der Waals surface area contributed by atoms with Gasteiger partial charge in [0, 0.05) is 38.1 Å². The van der Waals surface area contributed by atoms with Crippen molar-refractivity contribution >= 4 is 16.0 Å². The van der Waals surface area contributed by atoms with E-state index in [1.807, 2.05) is 0 Å². The van der Waals surface area contributed by atoms with Crippen LogP contribution < -0.4 is 4.72 Å². The van der Waals surface area contributed by atoms with Crippen LogP contribution in [0, 0.1) is 0 Å². The summed E-state index contributed by atoms with van der Waals surface area (Å²) in [5.41, 5.74) is 0.661. The highest BCUT2D eigenvalue weighted by Gasteiger charge is 2.20. The van der Waals surface area contributed by atoms with Gasteiger partial charge in [-0.25, -0.2) is 17.9 Å². The maximum atomic E-state index is 12.2. The first-order valence-corrected chi connectivity index (χ1v) is 7.72. The fraction of sp³-hybridized carbons (Fsp3) is 0.333. The van der Waals surface area contributed by atoms with E-state index in [4.69, 9.17) is 5.11 Å². The predicted molar refractivity (Wildman–Crippen MR) is 74.3 cm³/mol. The Kier molecular flexibility index (Phi) is 4.14. The van der Waals surface area contributed by atoms with Crippen LogP contribution in [0.3, 0.4) is 0 Å². The highest BCUT2D eigenvalue weighted by molar-refractivity contribution is 7.89. The van der Waals surface area contributed by atoms with Gasteiger partial charge in [0.15, 0.2) is 0 Å². The van der Waals surface area contributed by atoms with Crippen LogP contribution in [0.15, 0.2) is 29.6 Å². The molecule has 0 atom stereocenters. The molecule has 2 aromatic heterocycles. The standard InChI is InChI=1S/C12H16N4O4S/c1-3-16-8-10(4-11(16)12(17)18)21(19,20)14-6-9-5-13-15(2)7-9/h4-5,7-8,14H,3,6H2,1-2H3,(H,17,18). The number of carboxylic acids is 1. The fourth-order valence-corrected chi connectivity index (χ4v) is 2.95. The molecule has 114 valence electrons. The van der Waals surface area contributed by atoms with Crippen LogP contribution in [-0.4, -0.2) is 33.8 Å². The van der Waals surface area contributed by atoms with Gasteiger partial charge in [-0.2, -0.15) is 5.10 Å². The quantitative estimate of drug-likeness (QED) is 0.804. The molecule has 2 N–H and O–H groups in total. The smallest absolute Gasteiger partial charge is 0.352 e. The second-order valence-electron chi connectivity index (χ2n) is 4.50. The van der Waals surface area contributed by atoms with Crippen molar-refractivity contribution in [3.8, 4) is 0 Å². The molecule has 2 aromatic rings. The minimum absolute atomic E-state index is 0.0562. The van der Waals surface area contributed by atoms with Gasteiger partial charge in [0.05, 0.1) is 6.20 Å². The normalized spacial score (nSPS) is 11.7. The third-order valence-corrected chi connectivity index (χ3v) is 4.33. The van der Waals surface area contributed by atoms with Crippen molar-refractivity contribution in [1.82, 2.24) is 19.1 Å². The predicted octanol–water partition coefficient (Wildman–Crippen LogP) is 0.418. The van der Waals surface area contributed by atoms with Crippen molar-refractivity contribution in [2.45, 2.75) is 24.9 Å². The lowest BCUT2D eigenvalue weighted by molar-refractivity contribution is 0.0685. The maximum Gasteiger partial charge on any atom is 0.352 e. The zero-order valence-electron chi connectivity index (χ0n) is 11.6. The molecule has 0 amide bonds. The average molecular weight is 312 g/mol. The molecule has 0 aliphatic heterocycles. The van der Waals surface area contributed by atoms with E-state index in [1.54, 1.807) is 31.0 Å². The highest BCUT2D eigenvalue weighted by atomic mass is 32.2. The number of hydrogen-bond donors (Lipinski definition) is 2. The van der Waals surface area contributed by atoms with E-state index in [1.165, 1.54) is 10.8 Å². The van der Waals surface area contributed by atoms with E-state index in [0.717, 1.165) is 11.6 Å². The summed E-state index contributed by atoms with van der Waals surface area (Å²) >= 11 is 0. The van der Waals surface area contributed by atoms with E-state index in [9.17, 15) is 13.2 Å². The van der Waals surface area contributed by atoms with Crippen LogP contribution in [0.25, 0.3) is 0 Å². The van der Waals surface area contributed by atoms with Gasteiger partial charge in [-0.3, -0.25) is 4.68 Å². The third kappa shape index (κ3) is 3.31. The van der Waals surface area contributed by atoms with Crippen molar-refractivity contribution in [1.29, 1.82) is 0 Å². The van der Waals surface area contributed by atoms with Gasteiger partial charge >= 0.3 is 5.97 Å². The van der Waals surface area contributed by atoms with Crippen molar-refractivity contribution in [3.05, 3.63) is 35.9 Å². The SMILES string of the molecule is CCn1cc(S(=O)(=O)NCc2cnn(C)c2)cc1C(=O)O. The second-order valence-corrected chi connectivity index (χ2v) is 6.27. The molecule has 0 bridgehead atoms. The number of carbonyl (C=O) groups is 1. The molecule has 0 spiro atoms. The van der Waals surface area contributed by atoms with Crippen LogP contribution in [0.4, 0.5) is 0 Å². The molecule has 2 rings (SSSR count). The first-order chi connectivity index (χ1) is 9.83. The summed E-state index contributed by atoms with van der Waals surface area (Å²) in [6.07, 6.45) is 4.57. The largest absolute Gasteiger partial charge is 0.477 e. The number of sulfonamides is 1. The van der Waals surface area contributed by atoms with Gasteiger partial charge in [0.2, 0.25) is 10.0 Å². The number of aromatic nitrogens is 3. The molecule has 0 aliphatic carbocycles. The Morgan fingerprint density at radius 3 is 2.62 bits per heavy atom. The topological polar surface area (TPSA) is 106 Å². The average Bonchev–Trinajstić information content (AvgIpc) is 3.02. The molecule has 0 saturated heterocycles. The minimum atomic E-state index is -3.77. The Hall–Kier alpha value is -2.13. The summed E-state index contributed by atoms with van der Waals surface area (Å²) < 4.78 is 29.7. The van der Waals surface area contributed by atoms with Crippen molar-refractivity contribution < 1.29 is 18.3 Å². The van der Waals surface area contributed by atoms with Gasteiger partial charge in [-0.15, -0.1) is 0 Å². The molecule has 2 heterocycles. The Bertz CT molecular complexity index is 760. The third-order valence-electron chi connectivity index (χ3n) is 2.97. The zero-order valence-corrected chi connectivity index (χ0v) is 12.5. The van der Waals surface area contributed by atoms with Crippen LogP contribution in [0.2, 0.25) is 0 Å². The first kappa shape index (κ1) is 15.3. The number of carboxylic acid groups (broad SMARTS) is 1. The van der Waals surface area contributed by atoms with Gasteiger partial charge < -0.3 is 9.67 Å². The number of aryl methyl sites for hydroxylation is 2. The van der Waals surface area contributed by atoms with Gasteiger partial charge in [0.1, 0.15) is 10.6 Å². The molecule has 0 radical (unpaired) electrons. The molecule has 0 unspecified atom stereocenters. The molecule has 0 aliphatic rings. The van der Waals surface area contributed by atoms with E-state index in [-0.39, 0.29) is 17.1 Å². The van der Waals surface area contributed by atoms with Gasteiger partial charge in [-0.05, 0) is 13.0 Å². The van der Waals surface area contributed by atoms with Crippen LogP contribution in [-0.2, 0) is 30.2 Å². The summed E-state index contributed by atoms with van der Waals surface area (Å²) in [5.74, 6) is -1.16. The molecular weight excluding hydrogens is 296 g/mol. The number of rotatable bonds is 6. The second kappa shape index (κ2) is 5.70. The zero-order chi connectivity index (χ0) is 15.6. The fourth-order valence-electron chi connectivity index (χ4n) is 1.90. The van der Waals surface area contributed by atoms with Gasteiger partial charge in [0.25, 0.3) is 0 Å². The summed E-state index contributed by atoms with van der Waals surface area (Å²) in [4.78, 5) is 11.0. The van der Waals surface area contributed by atoms with Crippen molar-refractivity contribution in [2.75, 3.05) is 0 Å². The van der Waals surface area contributed by atoms with Gasteiger partial charge in [-0.1, -0.05) is 0 Å². The highest BCUT2D eigenvalue weighted by Crippen LogP contribution is 2.15. The maximum absolute atomic E-state index is 12.2. The van der Waals surface area contributed by atoms with Crippen molar-refractivity contribution in [3.63, 3.8) is 0 Å². The Labute approximate surface area is 122 Å². The van der Waals surface area contributed by atoms with E-state index in [2.05, 4.69) is 9.82 Å². The Morgan fingerprint density at radius 2 is 2.14 bits per heavy atom. The number of aromatic carboxylic acids is 1. The number of nitrogens with zero attached hydrogens (tertiary/aromatic N) is 3. The summed E-state index contributed by atoms with van der Waals surface area (Å²) in [6.45, 7) is 2.21. The Morgan fingerprint density at radius 1 is 1.43 bits per heavy atom. The minimum Gasteiger partial charge on any atom is -0.477 e. The molecule has 8 nitrogen and oxygen atoms in total. The van der Waals surface area contributed by atoms with Crippen LogP contribution in [0.5, 0.6) is 0 Å². The lowest BCUT2D eigenvalue weighted by atomic mass is 10.4. The molecule has 0 aromatic carbocycles. The number of nitrogens with one attached hydrogen (secondary N) is 1.